The Hall–Kier alpha value is -2.37. The predicted octanol–water partition coefficient (Wildman–Crippen LogP) is 5.21. The van der Waals surface area contributed by atoms with Crippen molar-refractivity contribution in [3.05, 3.63) is 65.0 Å². The lowest BCUT2D eigenvalue weighted by Gasteiger charge is -2.09. The summed E-state index contributed by atoms with van der Waals surface area (Å²) in [5, 5.41) is 0.0740. The minimum atomic E-state index is -0.447. The van der Waals surface area contributed by atoms with Crippen LogP contribution in [0.4, 0.5) is 4.39 Å². The van der Waals surface area contributed by atoms with Crippen LogP contribution in [-0.2, 0) is 0 Å². The van der Waals surface area contributed by atoms with Crippen LogP contribution in [0.1, 0.15) is 0 Å². The molecule has 0 spiro atoms. The molecule has 3 heterocycles. The summed E-state index contributed by atoms with van der Waals surface area (Å²) < 4.78 is 13.4. The number of aromatic nitrogens is 3. The lowest BCUT2D eigenvalue weighted by Crippen LogP contribution is -1.91. The highest BCUT2D eigenvalue weighted by Gasteiger charge is 2.12. The van der Waals surface area contributed by atoms with Gasteiger partial charge in [-0.15, -0.1) is 11.3 Å². The zero-order chi connectivity index (χ0) is 15.8. The normalized spacial score (nSPS) is 11.0. The van der Waals surface area contributed by atoms with E-state index in [1.807, 2.05) is 24.3 Å². The van der Waals surface area contributed by atoms with Crippen molar-refractivity contribution in [2.24, 2.45) is 0 Å². The minimum Gasteiger partial charge on any atom is -0.256 e. The highest BCUT2D eigenvalue weighted by atomic mass is 35.5. The lowest BCUT2D eigenvalue weighted by atomic mass is 10.0. The molecule has 0 atom stereocenters. The summed E-state index contributed by atoms with van der Waals surface area (Å²) in [5.74, 6) is -0.447. The van der Waals surface area contributed by atoms with E-state index in [1.165, 1.54) is 17.4 Å². The van der Waals surface area contributed by atoms with Gasteiger partial charge in [0.2, 0.25) is 0 Å². The number of pyridine rings is 2. The Balaban J connectivity index is 1.90. The van der Waals surface area contributed by atoms with Crippen molar-refractivity contribution in [1.82, 2.24) is 15.0 Å². The van der Waals surface area contributed by atoms with Gasteiger partial charge in [0.25, 0.3) is 0 Å². The van der Waals surface area contributed by atoms with E-state index in [-0.39, 0.29) is 5.02 Å². The molecule has 4 aromatic rings. The summed E-state index contributed by atoms with van der Waals surface area (Å²) in [6.45, 7) is 0. The van der Waals surface area contributed by atoms with E-state index in [0.717, 1.165) is 27.2 Å². The smallest absolute Gasteiger partial charge is 0.143 e. The molecule has 0 saturated heterocycles. The Morgan fingerprint density at radius 2 is 1.96 bits per heavy atom. The van der Waals surface area contributed by atoms with E-state index in [1.54, 1.807) is 23.8 Å². The molecule has 3 aromatic heterocycles. The van der Waals surface area contributed by atoms with Gasteiger partial charge < -0.3 is 0 Å². The molecule has 0 aliphatic rings. The van der Waals surface area contributed by atoms with Gasteiger partial charge in [0.1, 0.15) is 10.6 Å². The van der Waals surface area contributed by atoms with Crippen LogP contribution in [0.3, 0.4) is 0 Å². The van der Waals surface area contributed by atoms with E-state index in [2.05, 4.69) is 15.0 Å². The van der Waals surface area contributed by atoms with Crippen molar-refractivity contribution in [2.45, 2.75) is 0 Å². The molecule has 4 rings (SSSR count). The van der Waals surface area contributed by atoms with Crippen LogP contribution >= 0.6 is 22.9 Å². The maximum atomic E-state index is 13.4. The Morgan fingerprint density at radius 1 is 1.04 bits per heavy atom. The minimum absolute atomic E-state index is 0.0740. The van der Waals surface area contributed by atoms with Crippen molar-refractivity contribution < 1.29 is 4.39 Å². The summed E-state index contributed by atoms with van der Waals surface area (Å²) in [6, 6.07) is 12.2. The standard InChI is InChI=1S/C17H9ClFN3S/c18-12-8-10(3-4-13(12)19)16-11(2-1-7-20-16)14-5-6-15-17(22-14)23-9-21-15/h1-9H. The molecule has 3 nitrogen and oxygen atoms in total. The average Bonchev–Trinajstić information content (AvgIpc) is 3.05. The summed E-state index contributed by atoms with van der Waals surface area (Å²) in [5.41, 5.74) is 5.76. The van der Waals surface area contributed by atoms with Crippen LogP contribution in [0.5, 0.6) is 0 Å². The van der Waals surface area contributed by atoms with Crippen molar-refractivity contribution in [2.75, 3.05) is 0 Å². The summed E-state index contributed by atoms with van der Waals surface area (Å²) in [4.78, 5) is 14.2. The van der Waals surface area contributed by atoms with E-state index in [0.29, 0.717) is 5.69 Å². The molecular weight excluding hydrogens is 333 g/mol. The van der Waals surface area contributed by atoms with Gasteiger partial charge in [0.15, 0.2) is 0 Å². The number of hydrogen-bond donors (Lipinski definition) is 0. The summed E-state index contributed by atoms with van der Waals surface area (Å²) in [7, 11) is 0. The molecule has 1 aromatic carbocycles. The molecule has 0 amide bonds. The molecule has 0 aliphatic carbocycles. The van der Waals surface area contributed by atoms with Crippen molar-refractivity contribution in [1.29, 1.82) is 0 Å². The molecule has 0 aliphatic heterocycles. The second-order valence-electron chi connectivity index (χ2n) is 4.90. The van der Waals surface area contributed by atoms with Gasteiger partial charge in [-0.2, -0.15) is 0 Å². The predicted molar refractivity (Wildman–Crippen MR) is 91.1 cm³/mol. The number of hydrogen-bond acceptors (Lipinski definition) is 4. The van der Waals surface area contributed by atoms with E-state index < -0.39 is 5.82 Å². The van der Waals surface area contributed by atoms with E-state index in [9.17, 15) is 4.39 Å². The molecule has 0 N–H and O–H groups in total. The first kappa shape index (κ1) is 14.2. The van der Waals surface area contributed by atoms with Gasteiger partial charge in [-0.25, -0.2) is 14.4 Å². The van der Waals surface area contributed by atoms with Gasteiger partial charge in [-0.05, 0) is 42.5 Å². The highest BCUT2D eigenvalue weighted by molar-refractivity contribution is 7.16. The fraction of sp³-hybridized carbons (Fsp3) is 0. The maximum Gasteiger partial charge on any atom is 0.143 e. The first-order chi connectivity index (χ1) is 11.2. The molecule has 0 saturated carbocycles. The second kappa shape index (κ2) is 5.68. The fourth-order valence-corrected chi connectivity index (χ4v) is 3.23. The quantitative estimate of drug-likeness (QED) is 0.502. The highest BCUT2D eigenvalue weighted by Crippen LogP contribution is 2.32. The molecule has 0 fully saturated rings. The first-order valence-electron chi connectivity index (χ1n) is 6.83. The Morgan fingerprint density at radius 3 is 2.83 bits per heavy atom. The van der Waals surface area contributed by atoms with Crippen molar-refractivity contribution in [3.63, 3.8) is 0 Å². The SMILES string of the molecule is Fc1ccc(-c2ncccc2-c2ccc3ncsc3n2)cc1Cl. The Kier molecular flexibility index (Phi) is 3.52. The van der Waals surface area contributed by atoms with Crippen LogP contribution in [0.15, 0.2) is 54.2 Å². The maximum absolute atomic E-state index is 13.4. The molecule has 23 heavy (non-hydrogen) atoms. The number of rotatable bonds is 2. The first-order valence-corrected chi connectivity index (χ1v) is 8.09. The van der Waals surface area contributed by atoms with Gasteiger partial charge >= 0.3 is 0 Å². The summed E-state index contributed by atoms with van der Waals surface area (Å²) >= 11 is 7.39. The number of fused-ring (bicyclic) bond motifs is 1. The largest absolute Gasteiger partial charge is 0.256 e. The van der Waals surface area contributed by atoms with Gasteiger partial charge in [-0.1, -0.05) is 11.6 Å². The zero-order valence-electron chi connectivity index (χ0n) is 11.7. The average molecular weight is 342 g/mol. The number of halogens is 2. The van der Waals surface area contributed by atoms with Crippen LogP contribution < -0.4 is 0 Å². The molecule has 0 bridgehead atoms. The molecule has 6 heteroatoms. The third kappa shape index (κ3) is 2.58. The fourth-order valence-electron chi connectivity index (χ4n) is 2.39. The Labute approximate surface area is 140 Å². The van der Waals surface area contributed by atoms with Crippen LogP contribution in [0, 0.1) is 5.82 Å². The van der Waals surface area contributed by atoms with E-state index >= 15 is 0 Å². The van der Waals surface area contributed by atoms with Crippen LogP contribution in [-0.4, -0.2) is 15.0 Å². The zero-order valence-corrected chi connectivity index (χ0v) is 13.3. The lowest BCUT2D eigenvalue weighted by molar-refractivity contribution is 0.628. The molecule has 0 unspecified atom stereocenters. The monoisotopic (exact) mass is 341 g/mol. The molecule has 0 radical (unpaired) electrons. The van der Waals surface area contributed by atoms with Crippen molar-refractivity contribution in [3.8, 4) is 22.5 Å². The number of thiazole rings is 1. The van der Waals surface area contributed by atoms with Crippen LogP contribution in [0.25, 0.3) is 32.9 Å². The molecular formula is C17H9ClFN3S. The topological polar surface area (TPSA) is 38.7 Å². The van der Waals surface area contributed by atoms with Gasteiger partial charge in [-0.3, -0.25) is 4.98 Å². The molecule has 112 valence electrons. The van der Waals surface area contributed by atoms with Crippen LogP contribution in [0.2, 0.25) is 5.02 Å². The Bertz CT molecular complexity index is 1020. The third-order valence-corrected chi connectivity index (χ3v) is 4.50. The van der Waals surface area contributed by atoms with Crippen molar-refractivity contribution >= 4 is 33.3 Å². The summed E-state index contributed by atoms with van der Waals surface area (Å²) in [6.07, 6.45) is 1.70. The van der Waals surface area contributed by atoms with Gasteiger partial charge in [0, 0.05) is 17.3 Å². The third-order valence-electron chi connectivity index (χ3n) is 3.47. The van der Waals surface area contributed by atoms with E-state index in [4.69, 9.17) is 11.6 Å². The number of benzene rings is 1. The van der Waals surface area contributed by atoms with Gasteiger partial charge in [0.05, 0.1) is 27.4 Å². The number of nitrogens with zero attached hydrogens (tertiary/aromatic N) is 3. The second-order valence-corrected chi connectivity index (χ2v) is 6.14.